The molecule has 0 saturated heterocycles. The van der Waals surface area contributed by atoms with E-state index in [0.717, 1.165) is 45.3 Å². The number of methoxy groups -OCH3 is 2. The zero-order valence-corrected chi connectivity index (χ0v) is 27.5. The fraction of sp³-hybridized carbons (Fsp3) is 0.314. The average Bonchev–Trinajstić information content (AvgIpc) is 2.97. The zero-order chi connectivity index (χ0) is 30.3. The Morgan fingerprint density at radius 1 is 0.465 bits per heavy atom. The summed E-state index contributed by atoms with van der Waals surface area (Å²) >= 11 is 0. The lowest BCUT2D eigenvalue weighted by molar-refractivity contribution is 0.410. The highest BCUT2D eigenvalue weighted by Gasteiger charge is 2.22. The van der Waals surface area contributed by atoms with Crippen LogP contribution in [-0.4, -0.2) is 14.2 Å². The minimum Gasteiger partial charge on any atom is -0.497 e. The molecule has 230 valence electrons. The van der Waals surface area contributed by atoms with Gasteiger partial charge >= 0.3 is 0 Å². The lowest BCUT2D eigenvalue weighted by Crippen LogP contribution is -2.12. The maximum Gasteiger partial charge on any atom is 0.275 e. The number of benzene rings is 4. The Morgan fingerprint density at radius 2 is 0.814 bits per heavy atom. The first-order valence-electron chi connectivity index (χ1n) is 13.7. The first-order chi connectivity index (χ1) is 20.0. The first-order valence-corrected chi connectivity index (χ1v) is 15.4. The summed E-state index contributed by atoms with van der Waals surface area (Å²) in [6.45, 7) is 12.9. The van der Waals surface area contributed by atoms with E-state index in [9.17, 15) is 0 Å². The number of ether oxygens (including phenoxy) is 2. The van der Waals surface area contributed by atoms with Crippen LogP contribution < -0.4 is 27.6 Å². The summed E-state index contributed by atoms with van der Waals surface area (Å²) in [5, 5.41) is 0. The summed E-state index contributed by atoms with van der Waals surface area (Å²) in [5.41, 5.74) is 3.67. The third-order valence-electron chi connectivity index (χ3n) is 6.66. The molecule has 0 spiro atoms. The highest BCUT2D eigenvalue weighted by atomic mass is 31.1. The molecule has 0 N–H and O–H groups in total. The molecule has 4 aromatic carbocycles. The second-order valence-corrected chi connectivity index (χ2v) is 12.9. The minimum absolute atomic E-state index is 0. The van der Waals surface area contributed by atoms with Crippen molar-refractivity contribution < 1.29 is 27.6 Å². The standard InChI is InChI=1S/C34H40O6P2.CH4/c1-33(2,3)27-21-23(35-7)17-19-31(27)39-41-37-29-15-11-9-13-25(29)26-14-10-12-16-30(26)38-42-40-32-20-18-24(36-8)22-28(32)34(4,5)6;/h9-22,41-42H,1-8H3;1H4. The van der Waals surface area contributed by atoms with Crippen LogP contribution in [0.2, 0.25) is 0 Å². The fourth-order valence-corrected chi connectivity index (χ4v) is 5.55. The molecule has 8 heteroatoms. The maximum atomic E-state index is 6.20. The summed E-state index contributed by atoms with van der Waals surface area (Å²) < 4.78 is 35.6. The molecule has 4 rings (SSSR count). The predicted molar refractivity (Wildman–Crippen MR) is 181 cm³/mol. The Bertz CT molecular complexity index is 1380. The van der Waals surface area contributed by atoms with Gasteiger partial charge in [0, 0.05) is 22.3 Å². The van der Waals surface area contributed by atoms with Crippen molar-refractivity contribution >= 4 is 18.1 Å². The van der Waals surface area contributed by atoms with E-state index in [1.807, 2.05) is 84.9 Å². The molecule has 0 aliphatic carbocycles. The maximum absolute atomic E-state index is 6.20. The van der Waals surface area contributed by atoms with Crippen LogP contribution in [0.4, 0.5) is 0 Å². The van der Waals surface area contributed by atoms with Gasteiger partial charge in [-0.1, -0.05) is 85.4 Å². The van der Waals surface area contributed by atoms with Gasteiger partial charge in [-0.15, -0.1) is 0 Å². The number of para-hydroxylation sites is 2. The molecule has 0 bridgehead atoms. The number of rotatable bonds is 11. The normalized spacial score (nSPS) is 11.8. The van der Waals surface area contributed by atoms with Gasteiger partial charge in [-0.25, -0.2) is 0 Å². The first kappa shape index (κ1) is 34.0. The number of hydrogen-bond donors (Lipinski definition) is 0. The molecule has 0 aliphatic heterocycles. The Balaban J connectivity index is 0.00000506. The van der Waals surface area contributed by atoms with E-state index < -0.39 is 0 Å². The quantitative estimate of drug-likeness (QED) is 0.155. The van der Waals surface area contributed by atoms with Crippen LogP contribution in [0.5, 0.6) is 34.5 Å². The zero-order valence-electron chi connectivity index (χ0n) is 25.5. The van der Waals surface area contributed by atoms with Crippen LogP contribution in [0.1, 0.15) is 60.1 Å². The summed E-state index contributed by atoms with van der Waals surface area (Å²) in [4.78, 5) is 0. The molecule has 0 aromatic heterocycles. The molecule has 0 aliphatic rings. The van der Waals surface area contributed by atoms with Crippen LogP contribution in [0.3, 0.4) is 0 Å². The Morgan fingerprint density at radius 3 is 1.16 bits per heavy atom. The van der Waals surface area contributed by atoms with Gasteiger partial charge in [-0.05, 0) is 59.4 Å². The summed E-state index contributed by atoms with van der Waals surface area (Å²) in [5.74, 6) is 4.54. The lowest BCUT2D eigenvalue weighted by Gasteiger charge is -2.23. The molecule has 0 radical (unpaired) electrons. The van der Waals surface area contributed by atoms with Crippen LogP contribution in [0.15, 0.2) is 84.9 Å². The highest BCUT2D eigenvalue weighted by Crippen LogP contribution is 2.43. The SMILES string of the molecule is C.COc1ccc(OPOc2ccccc2-c2ccccc2OPOc2ccc(OC)cc2C(C)(C)C)c(C(C)(C)C)c1. The van der Waals surface area contributed by atoms with Crippen molar-refractivity contribution in [1.29, 1.82) is 0 Å². The smallest absolute Gasteiger partial charge is 0.275 e. The van der Waals surface area contributed by atoms with Crippen molar-refractivity contribution in [3.63, 3.8) is 0 Å². The van der Waals surface area contributed by atoms with Crippen molar-refractivity contribution in [3.8, 4) is 45.6 Å². The van der Waals surface area contributed by atoms with Crippen LogP contribution in [0.25, 0.3) is 11.1 Å². The van der Waals surface area contributed by atoms with Gasteiger partial charge in [-0.3, -0.25) is 0 Å². The fourth-order valence-electron chi connectivity index (χ4n) is 4.40. The molecule has 0 heterocycles. The van der Waals surface area contributed by atoms with E-state index in [1.54, 1.807) is 14.2 Å². The Kier molecular flexibility index (Phi) is 11.7. The predicted octanol–water partition coefficient (Wildman–Crippen LogP) is 10.5. The van der Waals surface area contributed by atoms with Crippen molar-refractivity contribution in [3.05, 3.63) is 96.1 Å². The van der Waals surface area contributed by atoms with Gasteiger partial charge in [0.2, 0.25) is 0 Å². The van der Waals surface area contributed by atoms with E-state index in [-0.39, 0.29) is 36.3 Å². The molecule has 43 heavy (non-hydrogen) atoms. The van der Waals surface area contributed by atoms with Crippen molar-refractivity contribution in [2.45, 2.75) is 59.8 Å². The van der Waals surface area contributed by atoms with Crippen LogP contribution >= 0.6 is 18.1 Å². The van der Waals surface area contributed by atoms with Crippen molar-refractivity contribution in [1.82, 2.24) is 0 Å². The Hall–Kier alpha value is -3.46. The largest absolute Gasteiger partial charge is 0.497 e. The minimum atomic E-state index is -0.243. The molecule has 2 unspecified atom stereocenters. The van der Waals surface area contributed by atoms with Crippen LogP contribution in [0, 0.1) is 0 Å². The van der Waals surface area contributed by atoms with E-state index in [1.165, 1.54) is 0 Å². The van der Waals surface area contributed by atoms with Gasteiger partial charge in [-0.2, -0.15) is 0 Å². The lowest BCUT2D eigenvalue weighted by atomic mass is 9.86. The van der Waals surface area contributed by atoms with E-state index >= 15 is 0 Å². The average molecular weight is 623 g/mol. The highest BCUT2D eigenvalue weighted by molar-refractivity contribution is 7.27. The van der Waals surface area contributed by atoms with Crippen molar-refractivity contribution in [2.24, 2.45) is 0 Å². The van der Waals surface area contributed by atoms with Gasteiger partial charge in [0.05, 0.1) is 14.2 Å². The molecule has 6 nitrogen and oxygen atoms in total. The molecular weight excluding hydrogens is 578 g/mol. The van der Waals surface area contributed by atoms with Gasteiger partial charge in [0.1, 0.15) is 34.5 Å². The Labute approximate surface area is 260 Å². The molecule has 2 atom stereocenters. The number of hydrogen-bond acceptors (Lipinski definition) is 6. The van der Waals surface area contributed by atoms with E-state index in [4.69, 9.17) is 27.6 Å². The third kappa shape index (κ3) is 8.78. The van der Waals surface area contributed by atoms with Gasteiger partial charge < -0.3 is 27.6 Å². The second-order valence-electron chi connectivity index (χ2n) is 11.8. The van der Waals surface area contributed by atoms with Gasteiger partial charge in [0.15, 0.2) is 0 Å². The molecule has 0 fully saturated rings. The molecule has 0 saturated carbocycles. The van der Waals surface area contributed by atoms with Gasteiger partial charge in [0.25, 0.3) is 18.1 Å². The van der Waals surface area contributed by atoms with E-state index in [0.29, 0.717) is 11.5 Å². The summed E-state index contributed by atoms with van der Waals surface area (Å²) in [7, 11) is 2.85. The summed E-state index contributed by atoms with van der Waals surface area (Å²) in [6.07, 6.45) is 0. The van der Waals surface area contributed by atoms with E-state index in [2.05, 4.69) is 41.5 Å². The topological polar surface area (TPSA) is 55.4 Å². The molecule has 4 aromatic rings. The molecule has 0 amide bonds. The monoisotopic (exact) mass is 622 g/mol. The second kappa shape index (κ2) is 14.8. The third-order valence-corrected chi connectivity index (χ3v) is 7.87. The summed E-state index contributed by atoms with van der Waals surface area (Å²) in [6, 6.07) is 27.5. The van der Waals surface area contributed by atoms with Crippen molar-refractivity contribution in [2.75, 3.05) is 14.2 Å². The molecular formula is C35H44O6P2. The van der Waals surface area contributed by atoms with Crippen LogP contribution in [-0.2, 0) is 10.8 Å².